The van der Waals surface area contributed by atoms with Crippen molar-refractivity contribution in [3.8, 4) is 5.75 Å². The SMILES string of the molecule is CC(C)(C)NC(=O)COc1ccc(C=NN=C(N)N)cc1. The topological polar surface area (TPSA) is 115 Å². The summed E-state index contributed by atoms with van der Waals surface area (Å²) in [5, 5.41) is 10.0. The first-order valence-electron chi connectivity index (χ1n) is 6.42. The van der Waals surface area contributed by atoms with Crippen molar-refractivity contribution in [2.24, 2.45) is 21.7 Å². The van der Waals surface area contributed by atoms with Crippen LogP contribution in [-0.4, -0.2) is 30.2 Å². The minimum absolute atomic E-state index is 0.0291. The van der Waals surface area contributed by atoms with Gasteiger partial charge in [0.25, 0.3) is 5.91 Å². The lowest BCUT2D eigenvalue weighted by Gasteiger charge is -2.20. The van der Waals surface area contributed by atoms with Crippen molar-refractivity contribution in [2.75, 3.05) is 6.61 Å². The van der Waals surface area contributed by atoms with Gasteiger partial charge in [-0.3, -0.25) is 4.79 Å². The molecule has 7 nitrogen and oxygen atoms in total. The minimum atomic E-state index is -0.272. The maximum absolute atomic E-state index is 11.6. The maximum atomic E-state index is 11.6. The van der Waals surface area contributed by atoms with E-state index in [0.717, 1.165) is 5.56 Å². The third kappa shape index (κ3) is 7.56. The summed E-state index contributed by atoms with van der Waals surface area (Å²) >= 11 is 0. The highest BCUT2D eigenvalue weighted by Gasteiger charge is 2.13. The number of carbonyl (C=O) groups is 1. The van der Waals surface area contributed by atoms with Gasteiger partial charge in [0.1, 0.15) is 5.75 Å². The van der Waals surface area contributed by atoms with Gasteiger partial charge < -0.3 is 21.5 Å². The Labute approximate surface area is 124 Å². The largest absolute Gasteiger partial charge is 0.484 e. The van der Waals surface area contributed by atoms with Gasteiger partial charge >= 0.3 is 0 Å². The van der Waals surface area contributed by atoms with Gasteiger partial charge in [-0.05, 0) is 50.6 Å². The summed E-state index contributed by atoms with van der Waals surface area (Å²) < 4.78 is 5.39. The molecule has 7 heteroatoms. The van der Waals surface area contributed by atoms with Crippen LogP contribution in [0, 0.1) is 0 Å². The molecule has 0 aliphatic heterocycles. The first kappa shape index (κ1) is 16.5. The molecule has 0 spiro atoms. The number of carbonyl (C=O) groups excluding carboxylic acids is 1. The van der Waals surface area contributed by atoms with Crippen molar-refractivity contribution >= 4 is 18.1 Å². The highest BCUT2D eigenvalue weighted by Crippen LogP contribution is 2.11. The van der Waals surface area contributed by atoms with Crippen LogP contribution in [0.25, 0.3) is 0 Å². The lowest BCUT2D eigenvalue weighted by atomic mass is 10.1. The summed E-state index contributed by atoms with van der Waals surface area (Å²) in [7, 11) is 0. The van der Waals surface area contributed by atoms with E-state index in [0.29, 0.717) is 5.75 Å². The highest BCUT2D eigenvalue weighted by atomic mass is 16.5. The highest BCUT2D eigenvalue weighted by molar-refractivity contribution is 5.81. The molecule has 0 unspecified atom stereocenters. The molecule has 1 amide bonds. The van der Waals surface area contributed by atoms with E-state index in [1.807, 2.05) is 20.8 Å². The summed E-state index contributed by atoms with van der Waals surface area (Å²) in [5.74, 6) is 0.329. The summed E-state index contributed by atoms with van der Waals surface area (Å²) in [6.07, 6.45) is 1.51. The van der Waals surface area contributed by atoms with Crippen molar-refractivity contribution in [3.63, 3.8) is 0 Å². The van der Waals surface area contributed by atoms with Crippen molar-refractivity contribution in [1.29, 1.82) is 0 Å². The molecule has 0 aliphatic rings. The number of nitrogens with two attached hydrogens (primary N) is 2. The molecule has 0 saturated heterocycles. The summed E-state index contributed by atoms with van der Waals surface area (Å²) in [5.41, 5.74) is 10.8. The minimum Gasteiger partial charge on any atom is -0.484 e. The zero-order chi connectivity index (χ0) is 15.9. The van der Waals surface area contributed by atoms with E-state index in [-0.39, 0.29) is 24.0 Å². The Kier molecular flexibility index (Phi) is 5.71. The number of rotatable bonds is 5. The van der Waals surface area contributed by atoms with Crippen LogP contribution < -0.4 is 21.5 Å². The predicted octanol–water partition coefficient (Wildman–Crippen LogP) is 0.587. The van der Waals surface area contributed by atoms with Gasteiger partial charge in [0.15, 0.2) is 6.61 Å². The molecular formula is C14H21N5O2. The smallest absolute Gasteiger partial charge is 0.258 e. The van der Waals surface area contributed by atoms with Crippen LogP contribution in [0.5, 0.6) is 5.75 Å². The van der Waals surface area contributed by atoms with Crippen molar-refractivity contribution in [2.45, 2.75) is 26.3 Å². The molecule has 1 aromatic rings. The van der Waals surface area contributed by atoms with Crippen LogP contribution in [0.1, 0.15) is 26.3 Å². The molecule has 5 N–H and O–H groups in total. The van der Waals surface area contributed by atoms with E-state index in [2.05, 4.69) is 15.5 Å². The van der Waals surface area contributed by atoms with Gasteiger partial charge in [0.05, 0.1) is 6.21 Å². The molecule has 0 fully saturated rings. The molecular weight excluding hydrogens is 270 g/mol. The van der Waals surface area contributed by atoms with Crippen molar-refractivity contribution in [3.05, 3.63) is 29.8 Å². The standard InChI is InChI=1S/C14H21N5O2/c1-14(2,3)18-12(20)9-21-11-6-4-10(5-7-11)8-17-19-13(15)16/h4-8H,9H2,1-3H3,(H,18,20)(H4,15,16,19). The first-order chi connectivity index (χ1) is 9.76. The number of ether oxygens (including phenoxy) is 1. The molecule has 0 aliphatic carbocycles. The van der Waals surface area contributed by atoms with Crippen LogP contribution in [0.15, 0.2) is 34.5 Å². The van der Waals surface area contributed by atoms with Gasteiger partial charge in [0, 0.05) is 5.54 Å². The monoisotopic (exact) mass is 291 g/mol. The summed E-state index contributed by atoms with van der Waals surface area (Å²) in [6.45, 7) is 5.71. The lowest BCUT2D eigenvalue weighted by Crippen LogP contribution is -2.43. The Balaban J connectivity index is 2.50. The number of nitrogens with one attached hydrogen (secondary N) is 1. The number of benzene rings is 1. The molecule has 0 saturated carbocycles. The molecule has 0 aromatic heterocycles. The second-order valence-corrected chi connectivity index (χ2v) is 5.43. The maximum Gasteiger partial charge on any atom is 0.258 e. The first-order valence-corrected chi connectivity index (χ1v) is 6.42. The number of hydrogen-bond donors (Lipinski definition) is 3. The molecule has 1 aromatic carbocycles. The number of guanidine groups is 1. The molecule has 0 radical (unpaired) electrons. The van der Waals surface area contributed by atoms with Crippen LogP contribution in [0.2, 0.25) is 0 Å². The van der Waals surface area contributed by atoms with Gasteiger partial charge in [-0.25, -0.2) is 0 Å². The Morgan fingerprint density at radius 1 is 1.29 bits per heavy atom. The van der Waals surface area contributed by atoms with E-state index >= 15 is 0 Å². The number of hydrogen-bond acceptors (Lipinski definition) is 4. The average molecular weight is 291 g/mol. The van der Waals surface area contributed by atoms with Gasteiger partial charge in [0.2, 0.25) is 5.96 Å². The van der Waals surface area contributed by atoms with Crippen LogP contribution in [0.3, 0.4) is 0 Å². The molecule has 0 heterocycles. The second kappa shape index (κ2) is 7.28. The third-order valence-corrected chi connectivity index (χ3v) is 2.14. The van der Waals surface area contributed by atoms with Crippen LogP contribution in [-0.2, 0) is 4.79 Å². The van der Waals surface area contributed by atoms with Crippen molar-refractivity contribution < 1.29 is 9.53 Å². The van der Waals surface area contributed by atoms with Gasteiger partial charge in [-0.1, -0.05) is 0 Å². The lowest BCUT2D eigenvalue weighted by molar-refractivity contribution is -0.124. The zero-order valence-electron chi connectivity index (χ0n) is 12.5. The average Bonchev–Trinajstić information content (AvgIpc) is 2.35. The predicted molar refractivity (Wildman–Crippen MR) is 83.2 cm³/mol. The zero-order valence-corrected chi connectivity index (χ0v) is 12.5. The Bertz CT molecular complexity index is 525. The summed E-state index contributed by atoms with van der Waals surface area (Å²) in [4.78, 5) is 11.6. The van der Waals surface area contributed by atoms with Crippen LogP contribution in [0.4, 0.5) is 0 Å². The Morgan fingerprint density at radius 2 is 1.90 bits per heavy atom. The van der Waals surface area contributed by atoms with Gasteiger partial charge in [-0.15, -0.1) is 5.10 Å². The summed E-state index contributed by atoms with van der Waals surface area (Å²) in [6, 6.07) is 7.04. The van der Waals surface area contributed by atoms with E-state index in [1.54, 1.807) is 24.3 Å². The van der Waals surface area contributed by atoms with Crippen molar-refractivity contribution in [1.82, 2.24) is 5.32 Å². The van der Waals surface area contributed by atoms with E-state index in [9.17, 15) is 4.79 Å². The Hall–Kier alpha value is -2.57. The normalized spacial score (nSPS) is 11.2. The van der Waals surface area contributed by atoms with Crippen LogP contribution >= 0.6 is 0 Å². The Morgan fingerprint density at radius 3 is 2.43 bits per heavy atom. The fourth-order valence-electron chi connectivity index (χ4n) is 1.42. The van der Waals surface area contributed by atoms with E-state index < -0.39 is 0 Å². The van der Waals surface area contributed by atoms with E-state index in [4.69, 9.17) is 16.2 Å². The molecule has 1 rings (SSSR count). The fourth-order valence-corrected chi connectivity index (χ4v) is 1.42. The van der Waals surface area contributed by atoms with E-state index in [1.165, 1.54) is 6.21 Å². The number of nitrogens with zero attached hydrogens (tertiary/aromatic N) is 2. The molecule has 21 heavy (non-hydrogen) atoms. The number of amides is 1. The molecule has 0 bridgehead atoms. The molecule has 0 atom stereocenters. The van der Waals surface area contributed by atoms with Gasteiger partial charge in [-0.2, -0.15) is 5.10 Å². The fraction of sp³-hybridized carbons (Fsp3) is 0.357. The molecule has 114 valence electrons. The second-order valence-electron chi connectivity index (χ2n) is 5.43. The third-order valence-electron chi connectivity index (χ3n) is 2.14. The quantitative estimate of drug-likeness (QED) is 0.418.